The summed E-state index contributed by atoms with van der Waals surface area (Å²) < 4.78 is 4.85. The highest BCUT2D eigenvalue weighted by Gasteiger charge is 2.46. The maximum absolute atomic E-state index is 12.2. The van der Waals surface area contributed by atoms with Crippen LogP contribution in [-0.4, -0.2) is 67.7 Å². The summed E-state index contributed by atoms with van der Waals surface area (Å²) in [4.78, 5) is 30.3. The minimum atomic E-state index is -0.210. The highest BCUT2D eigenvalue weighted by Crippen LogP contribution is 2.47. The van der Waals surface area contributed by atoms with E-state index < -0.39 is 0 Å². The van der Waals surface area contributed by atoms with Gasteiger partial charge in [0.1, 0.15) is 0 Å². The maximum Gasteiger partial charge on any atom is 0.409 e. The lowest BCUT2D eigenvalue weighted by atomic mass is 9.73. The standard InChI is InChI=1S/C22H31N3O3/c1-16-4-5-20-19(14-16)22(15-25(20)17(2)26)8-12-23(13-9-22)18-6-10-24(11-7-18)21(27)28-3/h4-5,14,18H,6-13,15H2,1-3H3. The molecular formula is C22H31N3O3. The van der Waals surface area contributed by atoms with Gasteiger partial charge in [-0.3, -0.25) is 4.79 Å². The van der Waals surface area contributed by atoms with Crippen molar-refractivity contribution in [1.29, 1.82) is 0 Å². The first-order valence-electron chi connectivity index (χ1n) is 10.4. The number of hydrogen-bond acceptors (Lipinski definition) is 4. The molecule has 3 aliphatic rings. The molecule has 2 fully saturated rings. The van der Waals surface area contributed by atoms with Crippen molar-refractivity contribution in [2.24, 2.45) is 0 Å². The Morgan fingerprint density at radius 2 is 1.79 bits per heavy atom. The van der Waals surface area contributed by atoms with E-state index in [1.807, 2.05) is 9.80 Å². The number of methoxy groups -OCH3 is 1. The van der Waals surface area contributed by atoms with Gasteiger partial charge in [-0.15, -0.1) is 0 Å². The van der Waals surface area contributed by atoms with Crippen LogP contribution in [0.2, 0.25) is 0 Å². The zero-order chi connectivity index (χ0) is 19.9. The van der Waals surface area contributed by atoms with Gasteiger partial charge < -0.3 is 19.4 Å². The summed E-state index contributed by atoms with van der Waals surface area (Å²) in [7, 11) is 1.45. The number of rotatable bonds is 1. The smallest absolute Gasteiger partial charge is 0.409 e. The Morgan fingerprint density at radius 1 is 1.11 bits per heavy atom. The highest BCUT2D eigenvalue weighted by molar-refractivity contribution is 5.94. The minimum Gasteiger partial charge on any atom is -0.453 e. The average Bonchev–Trinajstić information content (AvgIpc) is 3.02. The van der Waals surface area contributed by atoms with E-state index in [9.17, 15) is 9.59 Å². The topological polar surface area (TPSA) is 53.1 Å². The van der Waals surface area contributed by atoms with Crippen LogP contribution in [0.25, 0.3) is 0 Å². The van der Waals surface area contributed by atoms with Gasteiger partial charge in [0, 0.05) is 43.7 Å². The molecule has 0 aliphatic carbocycles. The van der Waals surface area contributed by atoms with Gasteiger partial charge in [0.15, 0.2) is 0 Å². The SMILES string of the molecule is COC(=O)N1CCC(N2CCC3(CC2)CN(C(C)=O)c2ccc(C)cc23)CC1. The summed E-state index contributed by atoms with van der Waals surface area (Å²) in [5.41, 5.74) is 3.83. The molecule has 3 aliphatic heterocycles. The second-order valence-corrected chi connectivity index (χ2v) is 8.63. The molecule has 0 radical (unpaired) electrons. The van der Waals surface area contributed by atoms with E-state index >= 15 is 0 Å². The molecule has 0 atom stereocenters. The Hall–Kier alpha value is -2.08. The van der Waals surface area contributed by atoms with Gasteiger partial charge in [-0.2, -0.15) is 0 Å². The molecule has 28 heavy (non-hydrogen) atoms. The Kier molecular flexibility index (Phi) is 5.08. The molecule has 1 aromatic carbocycles. The number of amides is 2. The predicted molar refractivity (Wildman–Crippen MR) is 109 cm³/mol. The van der Waals surface area contributed by atoms with E-state index in [0.29, 0.717) is 6.04 Å². The van der Waals surface area contributed by atoms with Gasteiger partial charge in [-0.05, 0) is 57.3 Å². The summed E-state index contributed by atoms with van der Waals surface area (Å²) in [6.45, 7) is 8.29. The number of piperidine rings is 2. The molecule has 0 bridgehead atoms. The molecule has 152 valence electrons. The molecule has 0 aromatic heterocycles. The molecule has 2 amide bonds. The normalized spacial score (nSPS) is 22.4. The van der Waals surface area contributed by atoms with Crippen molar-refractivity contribution in [3.8, 4) is 0 Å². The van der Waals surface area contributed by atoms with Crippen molar-refractivity contribution in [2.75, 3.05) is 44.7 Å². The zero-order valence-electron chi connectivity index (χ0n) is 17.2. The molecule has 0 unspecified atom stereocenters. The fourth-order valence-electron chi connectivity index (χ4n) is 5.35. The molecule has 6 heteroatoms. The summed E-state index contributed by atoms with van der Waals surface area (Å²) in [5, 5.41) is 0. The van der Waals surface area contributed by atoms with Gasteiger partial charge in [0.2, 0.25) is 5.91 Å². The van der Waals surface area contributed by atoms with Crippen LogP contribution in [0.5, 0.6) is 0 Å². The minimum absolute atomic E-state index is 0.0935. The Bertz CT molecular complexity index is 762. The molecule has 0 N–H and O–H groups in total. The van der Waals surface area contributed by atoms with E-state index in [2.05, 4.69) is 30.0 Å². The molecule has 4 rings (SSSR count). The average molecular weight is 386 g/mol. The van der Waals surface area contributed by atoms with Crippen molar-refractivity contribution in [2.45, 2.75) is 51.0 Å². The number of nitrogens with zero attached hydrogens (tertiary/aromatic N) is 3. The fourth-order valence-corrected chi connectivity index (χ4v) is 5.35. The largest absolute Gasteiger partial charge is 0.453 e. The molecule has 1 aromatic rings. The zero-order valence-corrected chi connectivity index (χ0v) is 17.2. The first kappa shape index (κ1) is 19.2. The molecule has 6 nitrogen and oxygen atoms in total. The van der Waals surface area contributed by atoms with Crippen molar-refractivity contribution in [3.63, 3.8) is 0 Å². The van der Waals surface area contributed by atoms with E-state index in [1.165, 1.54) is 18.2 Å². The van der Waals surface area contributed by atoms with Gasteiger partial charge in [0.05, 0.1) is 7.11 Å². The third kappa shape index (κ3) is 3.28. The third-order valence-corrected chi connectivity index (χ3v) is 7.02. The molecule has 1 spiro atoms. The van der Waals surface area contributed by atoms with Gasteiger partial charge >= 0.3 is 6.09 Å². The van der Waals surface area contributed by atoms with Crippen LogP contribution in [0, 0.1) is 6.92 Å². The second-order valence-electron chi connectivity index (χ2n) is 8.63. The van der Waals surface area contributed by atoms with E-state index in [-0.39, 0.29) is 17.4 Å². The number of hydrogen-bond donors (Lipinski definition) is 0. The molecule has 0 saturated carbocycles. The summed E-state index contributed by atoms with van der Waals surface area (Å²) >= 11 is 0. The van der Waals surface area contributed by atoms with Crippen LogP contribution in [0.4, 0.5) is 10.5 Å². The van der Waals surface area contributed by atoms with Gasteiger partial charge in [-0.1, -0.05) is 17.7 Å². The quantitative estimate of drug-likeness (QED) is 0.746. The molecular weight excluding hydrogens is 354 g/mol. The number of benzene rings is 1. The fraction of sp³-hybridized carbons (Fsp3) is 0.636. The van der Waals surface area contributed by atoms with Crippen LogP contribution < -0.4 is 4.90 Å². The van der Waals surface area contributed by atoms with Crippen LogP contribution in [0.1, 0.15) is 43.7 Å². The maximum atomic E-state index is 12.2. The van der Waals surface area contributed by atoms with Crippen LogP contribution in [0.3, 0.4) is 0 Å². The first-order valence-corrected chi connectivity index (χ1v) is 10.4. The summed E-state index contributed by atoms with van der Waals surface area (Å²) in [5.74, 6) is 0.139. The van der Waals surface area contributed by atoms with Crippen molar-refractivity contribution in [3.05, 3.63) is 29.3 Å². The number of ether oxygens (including phenoxy) is 1. The molecule has 2 saturated heterocycles. The highest BCUT2D eigenvalue weighted by atomic mass is 16.5. The lowest BCUT2D eigenvalue weighted by Gasteiger charge is -2.45. The Morgan fingerprint density at radius 3 is 2.39 bits per heavy atom. The first-order chi connectivity index (χ1) is 13.4. The predicted octanol–water partition coefficient (Wildman–Crippen LogP) is 2.93. The number of carbonyl (C=O) groups is 2. The lowest BCUT2D eigenvalue weighted by molar-refractivity contribution is -0.116. The number of carbonyl (C=O) groups excluding carboxylic acids is 2. The number of likely N-dealkylation sites (tertiary alicyclic amines) is 2. The van der Waals surface area contributed by atoms with E-state index in [4.69, 9.17) is 4.74 Å². The Balaban J connectivity index is 1.44. The molecule has 3 heterocycles. The van der Waals surface area contributed by atoms with E-state index in [1.54, 1.807) is 6.92 Å². The number of aryl methyl sites for hydroxylation is 1. The van der Waals surface area contributed by atoms with Crippen molar-refractivity contribution < 1.29 is 14.3 Å². The van der Waals surface area contributed by atoms with Crippen molar-refractivity contribution in [1.82, 2.24) is 9.80 Å². The number of fused-ring (bicyclic) bond motifs is 2. The van der Waals surface area contributed by atoms with Crippen LogP contribution in [0.15, 0.2) is 18.2 Å². The van der Waals surface area contributed by atoms with Crippen LogP contribution in [-0.2, 0) is 14.9 Å². The third-order valence-electron chi connectivity index (χ3n) is 7.02. The van der Waals surface area contributed by atoms with Gasteiger partial charge in [0.25, 0.3) is 0 Å². The summed E-state index contributed by atoms with van der Waals surface area (Å²) in [6.07, 6.45) is 3.99. The van der Waals surface area contributed by atoms with Crippen molar-refractivity contribution >= 4 is 17.7 Å². The monoisotopic (exact) mass is 385 g/mol. The van der Waals surface area contributed by atoms with Gasteiger partial charge in [-0.25, -0.2) is 4.79 Å². The number of anilines is 1. The summed E-state index contributed by atoms with van der Waals surface area (Å²) in [6, 6.07) is 7.07. The van der Waals surface area contributed by atoms with Crippen LogP contribution >= 0.6 is 0 Å². The van der Waals surface area contributed by atoms with E-state index in [0.717, 1.165) is 64.1 Å². The Labute approximate surface area is 167 Å². The second kappa shape index (κ2) is 7.39. The lowest BCUT2D eigenvalue weighted by Crippen LogP contribution is -2.52.